The number of carbonyl (C=O) groups is 2. The number of carboxylic acid groups (broad SMARTS) is 2. The molecule has 1 aromatic rings. The van der Waals surface area contributed by atoms with E-state index in [0.717, 1.165) is 38.3 Å². The van der Waals surface area contributed by atoms with Gasteiger partial charge in [0.05, 0.1) is 4.92 Å². The second kappa shape index (κ2) is 9.95. The van der Waals surface area contributed by atoms with Crippen molar-refractivity contribution in [2.75, 3.05) is 31.1 Å². The fourth-order valence-electron chi connectivity index (χ4n) is 2.05. The van der Waals surface area contributed by atoms with Crippen LogP contribution in [0.1, 0.15) is 6.42 Å². The summed E-state index contributed by atoms with van der Waals surface area (Å²) >= 11 is 0. The number of benzene rings is 1. The highest BCUT2D eigenvalue weighted by Gasteiger charge is 2.12. The molecule has 24 heavy (non-hydrogen) atoms. The molecule has 0 saturated carbocycles. The molecule has 0 aliphatic carbocycles. The number of nitrogens with one attached hydrogen (secondary N) is 1. The minimum absolute atomic E-state index is 0.162. The van der Waals surface area contributed by atoms with Crippen LogP contribution < -0.4 is 10.2 Å². The predicted octanol–water partition coefficient (Wildman–Crippen LogP) is 1.11. The van der Waals surface area contributed by atoms with Gasteiger partial charge in [0.1, 0.15) is 0 Å². The van der Waals surface area contributed by atoms with Gasteiger partial charge in [-0.05, 0) is 19.0 Å². The molecule has 1 aliphatic heterocycles. The third kappa shape index (κ3) is 7.36. The Morgan fingerprint density at radius 1 is 1.17 bits per heavy atom. The zero-order chi connectivity index (χ0) is 17.9. The summed E-state index contributed by atoms with van der Waals surface area (Å²) in [6.45, 7) is 3.81. The summed E-state index contributed by atoms with van der Waals surface area (Å²) in [4.78, 5) is 31.6. The van der Waals surface area contributed by atoms with Crippen molar-refractivity contribution in [1.82, 2.24) is 5.32 Å². The van der Waals surface area contributed by atoms with Crippen LogP contribution in [-0.4, -0.2) is 53.3 Å². The van der Waals surface area contributed by atoms with E-state index in [4.69, 9.17) is 10.2 Å². The highest BCUT2D eigenvalue weighted by Crippen LogP contribution is 2.21. The molecule has 0 radical (unpaired) electrons. The maximum absolute atomic E-state index is 10.7. The van der Waals surface area contributed by atoms with Crippen LogP contribution in [0.25, 0.3) is 0 Å². The average molecular weight is 337 g/mol. The molecule has 1 aliphatic rings. The van der Waals surface area contributed by atoms with E-state index < -0.39 is 11.9 Å². The normalized spacial score (nSPS) is 14.4. The van der Waals surface area contributed by atoms with Crippen molar-refractivity contribution in [1.29, 1.82) is 0 Å². The Bertz CT molecular complexity index is 593. The molecule has 1 heterocycles. The lowest BCUT2D eigenvalue weighted by Gasteiger charge is -2.21. The third-order valence-corrected chi connectivity index (χ3v) is 3.11. The van der Waals surface area contributed by atoms with Gasteiger partial charge in [-0.15, -0.1) is 0 Å². The lowest BCUT2D eigenvalue weighted by molar-refractivity contribution is -0.384. The zero-order valence-electron chi connectivity index (χ0n) is 12.9. The van der Waals surface area contributed by atoms with Crippen LogP contribution in [0.5, 0.6) is 0 Å². The van der Waals surface area contributed by atoms with E-state index in [0.29, 0.717) is 12.2 Å². The quantitative estimate of drug-likeness (QED) is 0.423. The molecule has 3 N–H and O–H groups in total. The number of hydrogen-bond acceptors (Lipinski definition) is 6. The van der Waals surface area contributed by atoms with Gasteiger partial charge in [-0.3, -0.25) is 10.1 Å². The number of nitrogens with zero attached hydrogens (tertiary/aromatic N) is 2. The van der Waals surface area contributed by atoms with Gasteiger partial charge in [0.15, 0.2) is 0 Å². The van der Waals surface area contributed by atoms with Crippen molar-refractivity contribution in [3.63, 3.8) is 0 Å². The molecule has 2 rings (SSSR count). The molecular formula is C15H19N3O6. The van der Waals surface area contributed by atoms with Gasteiger partial charge in [0.25, 0.3) is 5.69 Å². The van der Waals surface area contributed by atoms with Crippen molar-refractivity contribution in [2.24, 2.45) is 0 Å². The smallest absolute Gasteiger partial charge is 0.328 e. The molecule has 9 nitrogen and oxygen atoms in total. The van der Waals surface area contributed by atoms with Gasteiger partial charge < -0.3 is 20.4 Å². The van der Waals surface area contributed by atoms with E-state index in [-0.39, 0.29) is 10.6 Å². The number of nitro benzene ring substituents is 1. The lowest BCUT2D eigenvalue weighted by atomic mass is 10.2. The first-order valence-electron chi connectivity index (χ1n) is 7.24. The predicted molar refractivity (Wildman–Crippen MR) is 87.2 cm³/mol. The van der Waals surface area contributed by atoms with Gasteiger partial charge in [-0.1, -0.05) is 6.07 Å². The number of nitro groups is 1. The third-order valence-electron chi connectivity index (χ3n) is 3.11. The molecule has 1 aromatic carbocycles. The summed E-state index contributed by atoms with van der Waals surface area (Å²) in [5, 5.41) is 29.6. The Labute approximate surface area is 138 Å². The number of non-ortho nitro benzene ring substituents is 1. The maximum atomic E-state index is 10.7. The summed E-state index contributed by atoms with van der Waals surface area (Å²) in [6.07, 6.45) is 2.19. The number of hydrogen-bond donors (Lipinski definition) is 3. The van der Waals surface area contributed by atoms with E-state index in [1.54, 1.807) is 12.1 Å². The van der Waals surface area contributed by atoms with Crippen molar-refractivity contribution in [3.8, 4) is 0 Å². The molecule has 1 fully saturated rings. The summed E-state index contributed by atoms with van der Waals surface area (Å²) in [6, 6.07) is 6.84. The van der Waals surface area contributed by atoms with Gasteiger partial charge in [0.2, 0.25) is 0 Å². The Hall–Kier alpha value is -2.94. The second-order valence-electron chi connectivity index (χ2n) is 4.88. The van der Waals surface area contributed by atoms with Crippen LogP contribution in [-0.2, 0) is 9.59 Å². The molecule has 1 saturated heterocycles. The molecule has 0 aromatic heterocycles. The SMILES string of the molecule is O=C(O)/C=C/C(=O)O.O=[N+]([O-])c1cccc(N2CCCNCC2)c1. The number of rotatable bonds is 4. The Kier molecular flexibility index (Phi) is 7.92. The van der Waals surface area contributed by atoms with Gasteiger partial charge >= 0.3 is 11.9 Å². The lowest BCUT2D eigenvalue weighted by Crippen LogP contribution is -2.27. The number of anilines is 1. The number of aliphatic carboxylic acids is 2. The molecular weight excluding hydrogens is 318 g/mol. The van der Waals surface area contributed by atoms with Crippen LogP contribution in [0.2, 0.25) is 0 Å². The highest BCUT2D eigenvalue weighted by molar-refractivity contribution is 5.89. The maximum Gasteiger partial charge on any atom is 0.328 e. The van der Waals surface area contributed by atoms with E-state index in [2.05, 4.69) is 10.2 Å². The van der Waals surface area contributed by atoms with Gasteiger partial charge in [-0.25, -0.2) is 9.59 Å². The Balaban J connectivity index is 0.000000307. The summed E-state index contributed by atoms with van der Waals surface area (Å²) in [5.74, 6) is -2.51. The van der Waals surface area contributed by atoms with Crippen LogP contribution in [0.3, 0.4) is 0 Å². The topological polar surface area (TPSA) is 133 Å². The van der Waals surface area contributed by atoms with Crippen molar-refractivity contribution in [3.05, 3.63) is 46.5 Å². The molecule has 0 unspecified atom stereocenters. The fourth-order valence-corrected chi connectivity index (χ4v) is 2.05. The minimum Gasteiger partial charge on any atom is -0.478 e. The largest absolute Gasteiger partial charge is 0.478 e. The van der Waals surface area contributed by atoms with Crippen LogP contribution in [0.4, 0.5) is 11.4 Å². The van der Waals surface area contributed by atoms with Crippen LogP contribution in [0.15, 0.2) is 36.4 Å². The molecule has 0 bridgehead atoms. The first-order valence-corrected chi connectivity index (χ1v) is 7.24. The summed E-state index contributed by atoms with van der Waals surface area (Å²) in [7, 11) is 0. The van der Waals surface area contributed by atoms with E-state index >= 15 is 0 Å². The first-order chi connectivity index (χ1) is 11.4. The average Bonchev–Trinajstić information content (AvgIpc) is 2.83. The monoisotopic (exact) mass is 337 g/mol. The van der Waals surface area contributed by atoms with E-state index in [9.17, 15) is 19.7 Å². The molecule has 130 valence electrons. The first kappa shape index (κ1) is 19.1. The minimum atomic E-state index is -1.26. The van der Waals surface area contributed by atoms with Gasteiger partial charge in [-0.2, -0.15) is 0 Å². The molecule has 0 spiro atoms. The standard InChI is InChI=1S/C11H15N3O2.C4H4O4/c15-14(16)11-4-1-3-10(9-11)13-7-2-5-12-6-8-13;5-3(6)1-2-4(7)8/h1,3-4,9,12H,2,5-8H2;1-2H,(H,5,6)(H,7,8)/b;2-1+. The van der Waals surface area contributed by atoms with E-state index in [1.165, 1.54) is 6.07 Å². The summed E-state index contributed by atoms with van der Waals surface area (Å²) < 4.78 is 0. The highest BCUT2D eigenvalue weighted by atomic mass is 16.6. The zero-order valence-corrected chi connectivity index (χ0v) is 12.9. The number of carboxylic acids is 2. The molecule has 0 amide bonds. The second-order valence-corrected chi connectivity index (χ2v) is 4.88. The molecule has 0 atom stereocenters. The van der Waals surface area contributed by atoms with Crippen LogP contribution >= 0.6 is 0 Å². The van der Waals surface area contributed by atoms with Crippen molar-refractivity contribution < 1.29 is 24.7 Å². The van der Waals surface area contributed by atoms with Gasteiger partial charge in [0, 0.05) is 49.6 Å². The fraction of sp³-hybridized carbons (Fsp3) is 0.333. The van der Waals surface area contributed by atoms with E-state index in [1.807, 2.05) is 6.07 Å². The molecule has 9 heteroatoms. The Morgan fingerprint density at radius 3 is 2.42 bits per heavy atom. The summed E-state index contributed by atoms with van der Waals surface area (Å²) in [5.41, 5.74) is 1.10. The van der Waals surface area contributed by atoms with Crippen molar-refractivity contribution >= 4 is 23.3 Å². The van der Waals surface area contributed by atoms with Crippen LogP contribution in [0, 0.1) is 10.1 Å². The Morgan fingerprint density at radius 2 is 1.83 bits per heavy atom. The van der Waals surface area contributed by atoms with Crippen molar-refractivity contribution in [2.45, 2.75) is 6.42 Å².